The van der Waals surface area contributed by atoms with E-state index in [0.717, 1.165) is 0 Å². The van der Waals surface area contributed by atoms with Crippen LogP contribution in [-0.4, -0.2) is 33.1 Å². The Morgan fingerprint density at radius 2 is 1.87 bits per heavy atom. The summed E-state index contributed by atoms with van der Waals surface area (Å²) in [7, 11) is -3.70. The second kappa shape index (κ2) is 8.67. The highest BCUT2D eigenvalue weighted by atomic mass is 35.5. The minimum Gasteiger partial charge on any atom is -0.486 e. The zero-order chi connectivity index (χ0) is 21.9. The summed E-state index contributed by atoms with van der Waals surface area (Å²) >= 11 is 6.20. The van der Waals surface area contributed by atoms with E-state index in [1.807, 2.05) is 0 Å². The number of sulfonamides is 1. The fourth-order valence-corrected chi connectivity index (χ4v) is 4.52. The van der Waals surface area contributed by atoms with Crippen molar-refractivity contribution in [1.29, 1.82) is 0 Å². The SMILES string of the molecule is CC(C)(C)NS(=O)(=O)c1cccc(NC(=O)/C=C/c2cc(Cl)c3c(c2)OCCO3)c1. The fourth-order valence-electron chi connectivity index (χ4n) is 2.79. The van der Waals surface area contributed by atoms with Crippen LogP contribution >= 0.6 is 11.6 Å². The van der Waals surface area contributed by atoms with Crippen molar-refractivity contribution in [3.05, 3.63) is 53.1 Å². The first-order chi connectivity index (χ1) is 14.0. The number of carbonyl (C=O) groups is 1. The Bertz CT molecular complexity index is 1090. The van der Waals surface area contributed by atoms with Crippen LogP contribution in [0, 0.1) is 0 Å². The lowest BCUT2D eigenvalue weighted by Crippen LogP contribution is -2.40. The van der Waals surface area contributed by atoms with Crippen LogP contribution in [0.25, 0.3) is 6.08 Å². The molecule has 2 N–H and O–H groups in total. The lowest BCUT2D eigenvalue weighted by atomic mass is 10.1. The first kappa shape index (κ1) is 22.1. The summed E-state index contributed by atoms with van der Waals surface area (Å²) in [6.07, 6.45) is 2.91. The smallest absolute Gasteiger partial charge is 0.248 e. The zero-order valence-electron chi connectivity index (χ0n) is 16.9. The van der Waals surface area contributed by atoms with Crippen molar-refractivity contribution in [3.63, 3.8) is 0 Å². The first-order valence-corrected chi connectivity index (χ1v) is 11.1. The number of benzene rings is 2. The number of hydrogen-bond donors (Lipinski definition) is 2. The predicted octanol–water partition coefficient (Wildman–Crippen LogP) is 3.84. The Kier molecular flexibility index (Phi) is 6.40. The molecule has 1 aliphatic heterocycles. The van der Waals surface area contributed by atoms with E-state index in [1.54, 1.807) is 51.1 Å². The van der Waals surface area contributed by atoms with Gasteiger partial charge in [0.1, 0.15) is 13.2 Å². The van der Waals surface area contributed by atoms with Crippen LogP contribution in [0.3, 0.4) is 0 Å². The van der Waals surface area contributed by atoms with Gasteiger partial charge in [0.05, 0.1) is 9.92 Å². The van der Waals surface area contributed by atoms with Gasteiger partial charge in [0, 0.05) is 17.3 Å². The molecule has 0 unspecified atom stereocenters. The molecule has 0 saturated carbocycles. The van der Waals surface area contributed by atoms with Gasteiger partial charge in [0.2, 0.25) is 15.9 Å². The maximum absolute atomic E-state index is 12.5. The number of rotatable bonds is 5. The number of fused-ring (bicyclic) bond motifs is 1. The second-order valence-electron chi connectivity index (χ2n) is 7.73. The van der Waals surface area contributed by atoms with Crippen molar-refractivity contribution in [2.24, 2.45) is 0 Å². The molecule has 0 bridgehead atoms. The van der Waals surface area contributed by atoms with Gasteiger partial charge in [-0.1, -0.05) is 17.7 Å². The van der Waals surface area contributed by atoms with Crippen molar-refractivity contribution < 1.29 is 22.7 Å². The quantitative estimate of drug-likeness (QED) is 0.675. The van der Waals surface area contributed by atoms with E-state index in [2.05, 4.69) is 10.0 Å². The summed E-state index contributed by atoms with van der Waals surface area (Å²) in [5.41, 5.74) is 0.415. The summed E-state index contributed by atoms with van der Waals surface area (Å²) in [6.45, 7) is 6.13. The second-order valence-corrected chi connectivity index (χ2v) is 9.82. The van der Waals surface area contributed by atoms with Crippen LogP contribution in [0.1, 0.15) is 26.3 Å². The van der Waals surface area contributed by atoms with Crippen molar-refractivity contribution in [2.75, 3.05) is 18.5 Å². The number of halogens is 1. The molecule has 0 atom stereocenters. The topological polar surface area (TPSA) is 93.7 Å². The maximum atomic E-state index is 12.5. The van der Waals surface area contributed by atoms with Crippen LogP contribution in [0.15, 0.2) is 47.4 Å². The summed E-state index contributed by atoms with van der Waals surface area (Å²) in [5.74, 6) is 0.601. The molecule has 30 heavy (non-hydrogen) atoms. The van der Waals surface area contributed by atoms with Gasteiger partial charge in [0.25, 0.3) is 0 Å². The van der Waals surface area contributed by atoms with Crippen LogP contribution < -0.4 is 19.5 Å². The number of ether oxygens (including phenoxy) is 2. The average Bonchev–Trinajstić information content (AvgIpc) is 2.65. The number of nitrogens with one attached hydrogen (secondary N) is 2. The lowest BCUT2D eigenvalue weighted by Gasteiger charge is -2.20. The predicted molar refractivity (Wildman–Crippen MR) is 117 cm³/mol. The summed E-state index contributed by atoms with van der Waals surface area (Å²) in [6, 6.07) is 9.46. The van der Waals surface area contributed by atoms with E-state index in [0.29, 0.717) is 41.0 Å². The molecule has 2 aromatic carbocycles. The van der Waals surface area contributed by atoms with Crippen molar-refractivity contribution in [1.82, 2.24) is 4.72 Å². The Morgan fingerprint density at radius 1 is 1.13 bits per heavy atom. The van der Waals surface area contributed by atoms with E-state index in [1.165, 1.54) is 18.2 Å². The molecule has 0 spiro atoms. The van der Waals surface area contributed by atoms with Gasteiger partial charge in [0.15, 0.2) is 11.5 Å². The monoisotopic (exact) mass is 450 g/mol. The van der Waals surface area contributed by atoms with Crippen LogP contribution in [-0.2, 0) is 14.8 Å². The van der Waals surface area contributed by atoms with Crippen LogP contribution in [0.2, 0.25) is 5.02 Å². The van der Waals surface area contributed by atoms with Gasteiger partial charge >= 0.3 is 0 Å². The summed E-state index contributed by atoms with van der Waals surface area (Å²) in [4.78, 5) is 12.4. The molecule has 1 amide bonds. The maximum Gasteiger partial charge on any atom is 0.248 e. The van der Waals surface area contributed by atoms with Gasteiger partial charge in [-0.05, 0) is 62.7 Å². The molecule has 0 aromatic heterocycles. The Morgan fingerprint density at radius 3 is 2.60 bits per heavy atom. The zero-order valence-corrected chi connectivity index (χ0v) is 18.4. The molecule has 0 radical (unpaired) electrons. The van der Waals surface area contributed by atoms with Gasteiger partial charge < -0.3 is 14.8 Å². The number of carbonyl (C=O) groups excluding carboxylic acids is 1. The van der Waals surface area contributed by atoms with E-state index in [9.17, 15) is 13.2 Å². The molecule has 160 valence electrons. The van der Waals surface area contributed by atoms with Crippen molar-refractivity contribution in [3.8, 4) is 11.5 Å². The standard InChI is InChI=1S/C21H23ClN2O5S/c1-21(2,3)24-30(26,27)16-6-4-5-15(13-16)23-19(25)8-7-14-11-17(22)20-18(12-14)28-9-10-29-20/h4-8,11-13,24H,9-10H2,1-3H3,(H,23,25)/b8-7+. The summed E-state index contributed by atoms with van der Waals surface area (Å²) < 4.78 is 38.5. The summed E-state index contributed by atoms with van der Waals surface area (Å²) in [5, 5.41) is 3.06. The highest BCUT2D eigenvalue weighted by molar-refractivity contribution is 7.89. The first-order valence-electron chi connectivity index (χ1n) is 9.26. The third-order valence-corrected chi connectivity index (χ3v) is 5.94. The molecular weight excluding hydrogens is 428 g/mol. The Balaban J connectivity index is 1.72. The lowest BCUT2D eigenvalue weighted by molar-refractivity contribution is -0.111. The normalized spacial score (nSPS) is 14.0. The number of anilines is 1. The largest absolute Gasteiger partial charge is 0.486 e. The minimum absolute atomic E-state index is 0.0674. The van der Waals surface area contributed by atoms with Crippen molar-refractivity contribution >= 4 is 39.3 Å². The fraction of sp³-hybridized carbons (Fsp3) is 0.286. The highest BCUT2D eigenvalue weighted by Gasteiger charge is 2.22. The van der Waals surface area contributed by atoms with E-state index >= 15 is 0 Å². The average molecular weight is 451 g/mol. The molecule has 1 aliphatic rings. The Hall–Kier alpha value is -2.55. The molecule has 0 fully saturated rings. The highest BCUT2D eigenvalue weighted by Crippen LogP contribution is 2.38. The molecule has 0 aliphatic carbocycles. The third kappa shape index (κ3) is 5.75. The van der Waals surface area contributed by atoms with E-state index < -0.39 is 21.5 Å². The minimum atomic E-state index is -3.70. The third-order valence-electron chi connectivity index (χ3n) is 3.90. The molecule has 9 heteroatoms. The van der Waals surface area contributed by atoms with Crippen molar-refractivity contribution in [2.45, 2.75) is 31.2 Å². The molecular formula is C21H23ClN2O5S. The molecule has 0 saturated heterocycles. The van der Waals surface area contributed by atoms with Crippen LogP contribution in [0.5, 0.6) is 11.5 Å². The van der Waals surface area contributed by atoms with Gasteiger partial charge in [-0.15, -0.1) is 0 Å². The van der Waals surface area contributed by atoms with Gasteiger partial charge in [-0.2, -0.15) is 0 Å². The Labute approximate surface area is 181 Å². The molecule has 3 rings (SSSR count). The van der Waals surface area contributed by atoms with E-state index in [4.69, 9.17) is 21.1 Å². The molecule has 7 nitrogen and oxygen atoms in total. The molecule has 1 heterocycles. The van der Waals surface area contributed by atoms with Crippen LogP contribution in [0.4, 0.5) is 5.69 Å². The van der Waals surface area contributed by atoms with E-state index in [-0.39, 0.29) is 4.90 Å². The molecule has 2 aromatic rings. The van der Waals surface area contributed by atoms with Gasteiger partial charge in [-0.3, -0.25) is 4.79 Å². The number of amides is 1. The number of hydrogen-bond acceptors (Lipinski definition) is 5. The van der Waals surface area contributed by atoms with Gasteiger partial charge in [-0.25, -0.2) is 13.1 Å².